The van der Waals surface area contributed by atoms with Crippen molar-refractivity contribution in [3.05, 3.63) is 56.1 Å². The Labute approximate surface area is 146 Å². The SMILES string of the molecule is O=C(Nc1cccc(C(F)(F)F)c1)Nc1ccc(Br)cc1I. The number of carbonyl (C=O) groups is 1. The highest BCUT2D eigenvalue weighted by molar-refractivity contribution is 14.1. The molecule has 0 aliphatic heterocycles. The summed E-state index contributed by atoms with van der Waals surface area (Å²) in [7, 11) is 0. The summed E-state index contributed by atoms with van der Waals surface area (Å²) in [6.45, 7) is 0. The summed E-state index contributed by atoms with van der Waals surface area (Å²) in [6.07, 6.45) is -4.45. The van der Waals surface area contributed by atoms with Gasteiger partial charge in [0.05, 0.1) is 11.3 Å². The Morgan fingerprint density at radius 1 is 1.09 bits per heavy atom. The minimum absolute atomic E-state index is 0.0689. The molecule has 0 bridgehead atoms. The van der Waals surface area contributed by atoms with E-state index >= 15 is 0 Å². The number of nitrogens with one attached hydrogen (secondary N) is 2. The monoisotopic (exact) mass is 484 g/mol. The number of halogens is 5. The number of hydrogen-bond donors (Lipinski definition) is 2. The van der Waals surface area contributed by atoms with Gasteiger partial charge in [0.1, 0.15) is 0 Å². The second-order valence-corrected chi connectivity index (χ2v) is 6.36. The van der Waals surface area contributed by atoms with Crippen LogP contribution in [0.15, 0.2) is 46.9 Å². The Balaban J connectivity index is 2.09. The fourth-order valence-electron chi connectivity index (χ4n) is 1.65. The molecule has 8 heteroatoms. The highest BCUT2D eigenvalue weighted by atomic mass is 127. The largest absolute Gasteiger partial charge is 0.416 e. The first kappa shape index (κ1) is 17.1. The first-order valence-corrected chi connectivity index (χ1v) is 7.83. The van der Waals surface area contributed by atoms with Crippen molar-refractivity contribution in [3.8, 4) is 0 Å². The molecule has 22 heavy (non-hydrogen) atoms. The Kier molecular flexibility index (Phi) is 5.32. The van der Waals surface area contributed by atoms with Gasteiger partial charge in [-0.25, -0.2) is 4.79 Å². The quantitative estimate of drug-likeness (QED) is 0.526. The Morgan fingerprint density at radius 3 is 2.45 bits per heavy atom. The molecule has 2 aromatic rings. The standard InChI is InChI=1S/C14H9BrF3IN2O/c15-9-4-5-12(11(19)7-9)21-13(22)20-10-3-1-2-8(6-10)14(16,17)18/h1-7H,(H2,20,21,22). The zero-order valence-electron chi connectivity index (χ0n) is 10.8. The smallest absolute Gasteiger partial charge is 0.308 e. The zero-order valence-corrected chi connectivity index (χ0v) is 14.6. The number of alkyl halides is 3. The van der Waals surface area contributed by atoms with Crippen molar-refractivity contribution in [2.24, 2.45) is 0 Å². The van der Waals surface area contributed by atoms with Crippen LogP contribution >= 0.6 is 38.5 Å². The summed E-state index contributed by atoms with van der Waals surface area (Å²) < 4.78 is 39.5. The normalized spacial score (nSPS) is 11.1. The Bertz CT molecular complexity index is 707. The van der Waals surface area contributed by atoms with Gasteiger partial charge in [0, 0.05) is 13.7 Å². The van der Waals surface area contributed by atoms with Crippen LogP contribution in [0.2, 0.25) is 0 Å². The van der Waals surface area contributed by atoms with E-state index < -0.39 is 17.8 Å². The van der Waals surface area contributed by atoms with Crippen molar-refractivity contribution < 1.29 is 18.0 Å². The van der Waals surface area contributed by atoms with Crippen LogP contribution in [0.25, 0.3) is 0 Å². The van der Waals surface area contributed by atoms with Crippen molar-refractivity contribution in [1.29, 1.82) is 0 Å². The summed E-state index contributed by atoms with van der Waals surface area (Å²) in [5, 5.41) is 4.96. The number of urea groups is 1. The van der Waals surface area contributed by atoms with Gasteiger partial charge in [-0.1, -0.05) is 22.0 Å². The van der Waals surface area contributed by atoms with Gasteiger partial charge < -0.3 is 10.6 Å². The summed E-state index contributed by atoms with van der Waals surface area (Å²) in [5.74, 6) is 0. The van der Waals surface area contributed by atoms with Crippen LogP contribution in [-0.2, 0) is 6.18 Å². The summed E-state index contributed by atoms with van der Waals surface area (Å²) in [4.78, 5) is 11.9. The summed E-state index contributed by atoms with van der Waals surface area (Å²) in [6, 6.07) is 9.09. The van der Waals surface area contributed by atoms with Gasteiger partial charge >= 0.3 is 12.2 Å². The number of hydrogen-bond acceptors (Lipinski definition) is 1. The van der Waals surface area contributed by atoms with Crippen LogP contribution in [0.1, 0.15) is 5.56 Å². The van der Waals surface area contributed by atoms with Crippen LogP contribution in [0.4, 0.5) is 29.3 Å². The molecule has 0 saturated carbocycles. The number of carbonyl (C=O) groups excluding carboxylic acids is 1. The predicted octanol–water partition coefficient (Wildman–Crippen LogP) is 5.72. The number of anilines is 2. The molecular formula is C14H9BrF3IN2O. The maximum atomic E-state index is 12.6. The van der Waals surface area contributed by atoms with E-state index in [0.29, 0.717) is 5.69 Å². The number of rotatable bonds is 2. The van der Waals surface area contributed by atoms with Gasteiger partial charge in [0.15, 0.2) is 0 Å². The maximum absolute atomic E-state index is 12.6. The molecular weight excluding hydrogens is 476 g/mol. The third kappa shape index (κ3) is 4.60. The first-order valence-electron chi connectivity index (χ1n) is 5.96. The molecule has 2 rings (SSSR count). The lowest BCUT2D eigenvalue weighted by atomic mass is 10.2. The molecule has 0 fully saturated rings. The number of benzene rings is 2. The fourth-order valence-corrected chi connectivity index (χ4v) is 3.09. The van der Waals surface area contributed by atoms with Crippen molar-refractivity contribution in [2.75, 3.05) is 10.6 Å². The van der Waals surface area contributed by atoms with E-state index in [2.05, 4.69) is 26.6 Å². The second kappa shape index (κ2) is 6.86. The van der Waals surface area contributed by atoms with E-state index in [9.17, 15) is 18.0 Å². The third-order valence-corrected chi connectivity index (χ3v) is 4.01. The topological polar surface area (TPSA) is 41.1 Å². The molecule has 0 atom stereocenters. The molecule has 2 N–H and O–H groups in total. The molecule has 0 aromatic heterocycles. The summed E-state index contributed by atoms with van der Waals surface area (Å²) >= 11 is 5.35. The zero-order chi connectivity index (χ0) is 16.3. The predicted molar refractivity (Wildman–Crippen MR) is 90.9 cm³/mol. The molecule has 0 unspecified atom stereocenters. The summed E-state index contributed by atoms with van der Waals surface area (Å²) in [5.41, 5.74) is -0.184. The molecule has 2 amide bonds. The second-order valence-electron chi connectivity index (χ2n) is 4.28. The molecule has 2 aromatic carbocycles. The molecule has 3 nitrogen and oxygen atoms in total. The minimum Gasteiger partial charge on any atom is -0.308 e. The molecule has 0 aliphatic rings. The van der Waals surface area contributed by atoms with E-state index in [1.54, 1.807) is 18.2 Å². The Morgan fingerprint density at radius 2 is 1.82 bits per heavy atom. The molecule has 0 radical (unpaired) electrons. The van der Waals surface area contributed by atoms with Crippen molar-refractivity contribution in [1.82, 2.24) is 0 Å². The lowest BCUT2D eigenvalue weighted by Gasteiger charge is -2.11. The van der Waals surface area contributed by atoms with E-state index in [1.807, 2.05) is 22.6 Å². The fraction of sp³-hybridized carbons (Fsp3) is 0.0714. The van der Waals surface area contributed by atoms with E-state index in [-0.39, 0.29) is 5.69 Å². The van der Waals surface area contributed by atoms with Crippen molar-refractivity contribution in [2.45, 2.75) is 6.18 Å². The van der Waals surface area contributed by atoms with Gasteiger partial charge in [-0.3, -0.25) is 0 Å². The highest BCUT2D eigenvalue weighted by Gasteiger charge is 2.30. The molecule has 116 valence electrons. The van der Waals surface area contributed by atoms with Crippen molar-refractivity contribution in [3.63, 3.8) is 0 Å². The van der Waals surface area contributed by atoms with Gasteiger partial charge in [0.2, 0.25) is 0 Å². The molecule has 0 spiro atoms. The van der Waals surface area contributed by atoms with E-state index in [1.165, 1.54) is 12.1 Å². The third-order valence-electron chi connectivity index (χ3n) is 2.63. The van der Waals surface area contributed by atoms with Crippen LogP contribution in [0, 0.1) is 3.57 Å². The van der Waals surface area contributed by atoms with Gasteiger partial charge in [0.25, 0.3) is 0 Å². The first-order chi connectivity index (χ1) is 10.3. The lowest BCUT2D eigenvalue weighted by Crippen LogP contribution is -2.20. The van der Waals surface area contributed by atoms with Gasteiger partial charge in [-0.05, 0) is 59.0 Å². The average molecular weight is 485 g/mol. The minimum atomic E-state index is -4.45. The average Bonchev–Trinajstić information content (AvgIpc) is 2.41. The van der Waals surface area contributed by atoms with Crippen LogP contribution < -0.4 is 10.6 Å². The van der Waals surface area contributed by atoms with Gasteiger partial charge in [-0.2, -0.15) is 13.2 Å². The van der Waals surface area contributed by atoms with Crippen LogP contribution in [0.3, 0.4) is 0 Å². The van der Waals surface area contributed by atoms with Crippen LogP contribution in [0.5, 0.6) is 0 Å². The van der Waals surface area contributed by atoms with E-state index in [0.717, 1.165) is 20.2 Å². The Hall–Kier alpha value is -1.29. The van der Waals surface area contributed by atoms with Crippen molar-refractivity contribution >= 4 is 55.9 Å². The molecule has 0 heterocycles. The van der Waals surface area contributed by atoms with Gasteiger partial charge in [-0.15, -0.1) is 0 Å². The highest BCUT2D eigenvalue weighted by Crippen LogP contribution is 2.30. The maximum Gasteiger partial charge on any atom is 0.416 e. The molecule has 0 saturated heterocycles. The van der Waals surface area contributed by atoms with E-state index in [4.69, 9.17) is 0 Å². The number of amides is 2. The molecule has 0 aliphatic carbocycles. The lowest BCUT2D eigenvalue weighted by molar-refractivity contribution is -0.137. The van der Waals surface area contributed by atoms with Crippen LogP contribution in [-0.4, -0.2) is 6.03 Å².